The molecule has 0 fully saturated rings. The van der Waals surface area contributed by atoms with Crippen molar-refractivity contribution < 1.29 is 0 Å². The number of anilines is 1. The van der Waals surface area contributed by atoms with Crippen molar-refractivity contribution in [3.8, 4) is 11.4 Å². The third-order valence-corrected chi connectivity index (χ3v) is 2.34. The van der Waals surface area contributed by atoms with Gasteiger partial charge in [-0.15, -0.1) is 5.10 Å². The largest absolute Gasteiger partial charge is 0.366 e. The molecule has 0 aliphatic heterocycles. The average Bonchev–Trinajstić information content (AvgIpc) is 2.78. The summed E-state index contributed by atoms with van der Waals surface area (Å²) < 4.78 is 0. The van der Waals surface area contributed by atoms with E-state index in [2.05, 4.69) is 35.1 Å². The zero-order chi connectivity index (χ0) is 12.8. The Morgan fingerprint density at radius 3 is 2.35 bits per heavy atom. The van der Waals surface area contributed by atoms with Gasteiger partial charge in [0.2, 0.25) is 5.95 Å². The first-order chi connectivity index (χ1) is 8.18. The Hall–Kier alpha value is -1.84. The van der Waals surface area contributed by atoms with Crippen molar-refractivity contribution in [1.82, 2.24) is 15.2 Å². The second-order valence-corrected chi connectivity index (χ2v) is 3.78. The fourth-order valence-corrected chi connectivity index (χ4v) is 1.61. The average molecular weight is 232 g/mol. The summed E-state index contributed by atoms with van der Waals surface area (Å²) in [7, 11) is 0. The minimum absolute atomic E-state index is 0.281. The number of nitrogen functional groups attached to an aromatic ring is 1. The molecule has 0 bridgehead atoms. The van der Waals surface area contributed by atoms with E-state index in [1.54, 1.807) is 0 Å². The van der Waals surface area contributed by atoms with Crippen LogP contribution in [0.5, 0.6) is 0 Å². The van der Waals surface area contributed by atoms with Gasteiger partial charge in [0.15, 0.2) is 5.82 Å². The predicted molar refractivity (Wildman–Crippen MR) is 71.7 cm³/mol. The maximum Gasteiger partial charge on any atom is 0.239 e. The second kappa shape index (κ2) is 6.03. The highest BCUT2D eigenvalue weighted by Crippen LogP contribution is 2.26. The van der Waals surface area contributed by atoms with E-state index in [1.165, 1.54) is 5.56 Å². The maximum atomic E-state index is 5.49. The lowest BCUT2D eigenvalue weighted by Gasteiger charge is -2.09. The molecule has 0 spiro atoms. The van der Waals surface area contributed by atoms with Crippen LogP contribution in [-0.2, 0) is 0 Å². The standard InChI is InChI=1S/C11H14N4.C2H6/c1-7(2)8-5-3-4-6-9(8)10-13-11(12)15-14-10;1-2/h3-7H,1-2H3,(H3,12,13,14,15);1-2H3. The van der Waals surface area contributed by atoms with Crippen LogP contribution in [0.25, 0.3) is 11.4 Å². The van der Waals surface area contributed by atoms with Crippen LogP contribution in [-0.4, -0.2) is 15.2 Å². The van der Waals surface area contributed by atoms with Gasteiger partial charge in [-0.05, 0) is 11.5 Å². The first kappa shape index (κ1) is 13.2. The Morgan fingerprint density at radius 2 is 1.82 bits per heavy atom. The zero-order valence-corrected chi connectivity index (χ0v) is 10.9. The lowest BCUT2D eigenvalue weighted by molar-refractivity contribution is 0.866. The fourth-order valence-electron chi connectivity index (χ4n) is 1.61. The summed E-state index contributed by atoms with van der Waals surface area (Å²) in [4.78, 5) is 4.14. The Labute approximate surface area is 102 Å². The van der Waals surface area contributed by atoms with Crippen molar-refractivity contribution in [3.63, 3.8) is 0 Å². The van der Waals surface area contributed by atoms with Crippen molar-refractivity contribution in [2.45, 2.75) is 33.6 Å². The van der Waals surface area contributed by atoms with E-state index in [9.17, 15) is 0 Å². The van der Waals surface area contributed by atoms with Gasteiger partial charge in [0.1, 0.15) is 0 Å². The van der Waals surface area contributed by atoms with E-state index < -0.39 is 0 Å². The van der Waals surface area contributed by atoms with Crippen LogP contribution in [0.1, 0.15) is 39.2 Å². The first-order valence-corrected chi connectivity index (χ1v) is 5.95. The Balaban J connectivity index is 0.000000686. The second-order valence-electron chi connectivity index (χ2n) is 3.78. The zero-order valence-electron chi connectivity index (χ0n) is 10.9. The van der Waals surface area contributed by atoms with Gasteiger partial charge in [0.05, 0.1) is 0 Å². The Kier molecular flexibility index (Phi) is 4.69. The van der Waals surface area contributed by atoms with Crippen LogP contribution in [0, 0.1) is 0 Å². The number of rotatable bonds is 2. The molecule has 0 radical (unpaired) electrons. The normalized spacial score (nSPS) is 9.94. The first-order valence-electron chi connectivity index (χ1n) is 5.95. The molecule has 0 aliphatic carbocycles. The number of nitrogens with one attached hydrogen (secondary N) is 1. The minimum Gasteiger partial charge on any atom is -0.366 e. The van der Waals surface area contributed by atoms with Gasteiger partial charge in [-0.1, -0.05) is 52.0 Å². The molecule has 3 N–H and O–H groups in total. The highest BCUT2D eigenvalue weighted by molar-refractivity contribution is 5.61. The van der Waals surface area contributed by atoms with Crippen LogP contribution in [0.3, 0.4) is 0 Å². The van der Waals surface area contributed by atoms with Crippen molar-refractivity contribution in [2.75, 3.05) is 5.73 Å². The highest BCUT2D eigenvalue weighted by atomic mass is 15.3. The number of aromatic nitrogens is 3. The molecule has 0 aliphatic rings. The van der Waals surface area contributed by atoms with E-state index in [0.717, 1.165) is 11.4 Å². The number of nitrogens with zero attached hydrogens (tertiary/aromatic N) is 2. The number of hydrogen-bond acceptors (Lipinski definition) is 3. The van der Waals surface area contributed by atoms with Crippen molar-refractivity contribution in [1.29, 1.82) is 0 Å². The fraction of sp³-hybridized carbons (Fsp3) is 0.385. The Bertz CT molecular complexity index is 460. The van der Waals surface area contributed by atoms with Gasteiger partial charge < -0.3 is 5.73 Å². The molecule has 0 atom stereocenters. The monoisotopic (exact) mass is 232 g/mol. The molecular weight excluding hydrogens is 212 g/mol. The van der Waals surface area contributed by atoms with Gasteiger partial charge in [0, 0.05) is 5.56 Å². The number of benzene rings is 1. The van der Waals surface area contributed by atoms with Gasteiger partial charge in [-0.2, -0.15) is 4.98 Å². The SMILES string of the molecule is CC.CC(C)c1ccccc1-c1nc(N)n[nH]1. The molecule has 4 nitrogen and oxygen atoms in total. The highest BCUT2D eigenvalue weighted by Gasteiger charge is 2.10. The molecule has 2 rings (SSSR count). The quantitative estimate of drug-likeness (QED) is 0.835. The van der Waals surface area contributed by atoms with Crippen LogP contribution < -0.4 is 5.73 Å². The lowest BCUT2D eigenvalue weighted by atomic mass is 9.97. The summed E-state index contributed by atoms with van der Waals surface area (Å²) in [5.41, 5.74) is 7.80. The van der Waals surface area contributed by atoms with E-state index in [-0.39, 0.29) is 5.95 Å². The molecule has 2 aromatic rings. The van der Waals surface area contributed by atoms with Crippen LogP contribution in [0.4, 0.5) is 5.95 Å². The van der Waals surface area contributed by atoms with Gasteiger partial charge in [0.25, 0.3) is 0 Å². The number of H-pyrrole nitrogens is 1. The van der Waals surface area contributed by atoms with Crippen molar-refractivity contribution >= 4 is 5.95 Å². The summed E-state index contributed by atoms with van der Waals surface area (Å²) in [5, 5.41) is 6.67. The molecule has 1 aromatic heterocycles. The van der Waals surface area contributed by atoms with Gasteiger partial charge >= 0.3 is 0 Å². The molecule has 4 heteroatoms. The Morgan fingerprint density at radius 1 is 1.18 bits per heavy atom. The third-order valence-electron chi connectivity index (χ3n) is 2.34. The summed E-state index contributed by atoms with van der Waals surface area (Å²) in [6, 6.07) is 8.13. The molecule has 0 amide bonds. The molecule has 92 valence electrons. The molecule has 0 unspecified atom stereocenters. The topological polar surface area (TPSA) is 67.6 Å². The number of hydrogen-bond donors (Lipinski definition) is 2. The molecule has 1 heterocycles. The molecule has 0 saturated heterocycles. The van der Waals surface area contributed by atoms with Crippen molar-refractivity contribution in [2.24, 2.45) is 0 Å². The van der Waals surface area contributed by atoms with Gasteiger partial charge in [-0.3, -0.25) is 5.10 Å². The predicted octanol–water partition coefficient (Wildman–Crippen LogP) is 3.20. The van der Waals surface area contributed by atoms with E-state index in [0.29, 0.717) is 5.92 Å². The lowest BCUT2D eigenvalue weighted by Crippen LogP contribution is -1.93. The summed E-state index contributed by atoms with van der Waals surface area (Å²) in [6.45, 7) is 8.30. The van der Waals surface area contributed by atoms with Crippen LogP contribution in [0.15, 0.2) is 24.3 Å². The number of aromatic amines is 1. The summed E-state index contributed by atoms with van der Waals surface area (Å²) >= 11 is 0. The van der Waals surface area contributed by atoms with E-state index in [1.807, 2.05) is 32.0 Å². The smallest absolute Gasteiger partial charge is 0.239 e. The molecule has 17 heavy (non-hydrogen) atoms. The van der Waals surface area contributed by atoms with E-state index in [4.69, 9.17) is 5.73 Å². The third kappa shape index (κ3) is 3.06. The van der Waals surface area contributed by atoms with Gasteiger partial charge in [-0.25, -0.2) is 0 Å². The molecule has 1 aromatic carbocycles. The van der Waals surface area contributed by atoms with Crippen molar-refractivity contribution in [3.05, 3.63) is 29.8 Å². The number of nitrogens with two attached hydrogens (primary N) is 1. The molecular formula is C13H20N4. The minimum atomic E-state index is 0.281. The van der Waals surface area contributed by atoms with Crippen LogP contribution >= 0.6 is 0 Å². The summed E-state index contributed by atoms with van der Waals surface area (Å²) in [5.74, 6) is 1.47. The maximum absolute atomic E-state index is 5.49. The van der Waals surface area contributed by atoms with E-state index >= 15 is 0 Å². The summed E-state index contributed by atoms with van der Waals surface area (Å²) in [6.07, 6.45) is 0. The van der Waals surface area contributed by atoms with Crippen LogP contribution in [0.2, 0.25) is 0 Å². The molecule has 0 saturated carbocycles.